The van der Waals surface area contributed by atoms with Crippen molar-refractivity contribution in [2.24, 2.45) is 5.16 Å². The van der Waals surface area contributed by atoms with Crippen molar-refractivity contribution in [3.63, 3.8) is 0 Å². The van der Waals surface area contributed by atoms with Gasteiger partial charge < -0.3 is 14.9 Å². The first kappa shape index (κ1) is 19.5. The second-order valence-corrected chi connectivity index (χ2v) is 5.62. The van der Waals surface area contributed by atoms with E-state index in [-0.39, 0.29) is 17.3 Å². The van der Waals surface area contributed by atoms with Crippen molar-refractivity contribution in [1.82, 2.24) is 15.1 Å². The lowest BCUT2D eigenvalue weighted by Crippen LogP contribution is -2.29. The summed E-state index contributed by atoms with van der Waals surface area (Å²) in [4.78, 5) is 16.6. The van der Waals surface area contributed by atoms with Gasteiger partial charge >= 0.3 is 0 Å². The lowest BCUT2D eigenvalue weighted by atomic mass is 10.1. The van der Waals surface area contributed by atoms with Crippen molar-refractivity contribution in [3.8, 4) is 11.6 Å². The summed E-state index contributed by atoms with van der Waals surface area (Å²) in [5, 5.41) is 10.6. The van der Waals surface area contributed by atoms with E-state index in [2.05, 4.69) is 15.6 Å². The molecule has 0 aliphatic rings. The molecule has 0 aliphatic carbocycles. The summed E-state index contributed by atoms with van der Waals surface area (Å²) in [6.07, 6.45) is 1.55. The van der Waals surface area contributed by atoms with Crippen molar-refractivity contribution < 1.29 is 18.8 Å². The first-order valence-corrected chi connectivity index (χ1v) is 7.95. The number of benzene rings is 1. The van der Waals surface area contributed by atoms with Crippen LogP contribution in [0.1, 0.15) is 13.8 Å². The van der Waals surface area contributed by atoms with Gasteiger partial charge in [-0.3, -0.25) is 4.79 Å². The Bertz CT molecular complexity index is 877. The Morgan fingerprint density at radius 1 is 1.35 bits per heavy atom. The third kappa shape index (κ3) is 4.40. The molecule has 0 saturated heterocycles. The van der Waals surface area contributed by atoms with Gasteiger partial charge in [-0.15, -0.1) is 5.10 Å². The molecule has 26 heavy (non-hydrogen) atoms. The van der Waals surface area contributed by atoms with Gasteiger partial charge in [0.15, 0.2) is 5.71 Å². The van der Waals surface area contributed by atoms with Crippen LogP contribution in [-0.2, 0) is 9.63 Å². The largest absolute Gasteiger partial charge is 0.442 e. The van der Waals surface area contributed by atoms with Crippen LogP contribution in [0.4, 0.5) is 4.39 Å². The summed E-state index contributed by atoms with van der Waals surface area (Å²) < 4.78 is 21.0. The highest BCUT2D eigenvalue weighted by molar-refractivity contribution is 6.45. The van der Waals surface area contributed by atoms with Gasteiger partial charge in [0.1, 0.15) is 24.4 Å². The van der Waals surface area contributed by atoms with Gasteiger partial charge in [0.25, 0.3) is 5.91 Å². The zero-order chi connectivity index (χ0) is 19.3. The number of nitrogens with zero attached hydrogens (tertiary/aromatic N) is 3. The van der Waals surface area contributed by atoms with E-state index < -0.39 is 11.7 Å². The lowest BCUT2D eigenvalue weighted by molar-refractivity contribution is -0.114. The zero-order valence-corrected chi connectivity index (χ0v) is 15.5. The average molecular weight is 381 g/mol. The van der Waals surface area contributed by atoms with Crippen LogP contribution in [0.3, 0.4) is 0 Å². The number of halogens is 2. The minimum Gasteiger partial charge on any atom is -0.442 e. The molecule has 0 unspecified atom stereocenters. The second kappa shape index (κ2) is 8.48. The fraction of sp³-hybridized carbons (Fsp3) is 0.235. The maximum atomic E-state index is 14.0. The molecule has 1 aromatic heterocycles. The van der Waals surface area contributed by atoms with Crippen molar-refractivity contribution >= 4 is 23.2 Å². The molecular weight excluding hydrogens is 363 g/mol. The molecule has 1 amide bonds. The van der Waals surface area contributed by atoms with Crippen LogP contribution in [-0.4, -0.2) is 35.6 Å². The number of amides is 1. The van der Waals surface area contributed by atoms with Crippen molar-refractivity contribution in [2.45, 2.75) is 13.8 Å². The normalized spacial score (nSPS) is 12.5. The van der Waals surface area contributed by atoms with E-state index in [0.717, 1.165) is 0 Å². The predicted octanol–water partition coefficient (Wildman–Crippen LogP) is 3.09. The molecule has 0 saturated carbocycles. The van der Waals surface area contributed by atoms with Gasteiger partial charge in [0.05, 0.1) is 0 Å². The third-order valence-electron chi connectivity index (χ3n) is 3.49. The fourth-order valence-electron chi connectivity index (χ4n) is 2.05. The van der Waals surface area contributed by atoms with Crippen LogP contribution in [0.5, 0.6) is 5.88 Å². The average Bonchev–Trinajstić information content (AvgIpc) is 3.06. The first-order chi connectivity index (χ1) is 12.4. The maximum Gasteiger partial charge on any atom is 0.273 e. The molecule has 2 aromatic rings. The third-order valence-corrected chi connectivity index (χ3v) is 3.72. The maximum absolute atomic E-state index is 14.0. The molecule has 138 valence electrons. The summed E-state index contributed by atoms with van der Waals surface area (Å²) in [5.41, 5.74) is 0.781. The van der Waals surface area contributed by atoms with Gasteiger partial charge in [0, 0.05) is 29.9 Å². The molecule has 1 aromatic carbocycles. The summed E-state index contributed by atoms with van der Waals surface area (Å²) in [6, 6.07) is 5.84. The molecule has 0 aliphatic heterocycles. The summed E-state index contributed by atoms with van der Waals surface area (Å²) in [5.74, 6) is -0.304. The second-order valence-electron chi connectivity index (χ2n) is 5.18. The zero-order valence-electron chi connectivity index (χ0n) is 14.7. The number of carbonyl (C=O) groups excluding carboxylic acids is 1. The molecule has 9 heteroatoms. The Morgan fingerprint density at radius 2 is 2.08 bits per heavy atom. The van der Waals surface area contributed by atoms with Gasteiger partial charge in [-0.1, -0.05) is 16.8 Å². The van der Waals surface area contributed by atoms with E-state index >= 15 is 0 Å². The van der Waals surface area contributed by atoms with Gasteiger partial charge in [-0.05, 0) is 32.0 Å². The molecule has 0 radical (unpaired) electrons. The summed E-state index contributed by atoms with van der Waals surface area (Å²) in [6.45, 7) is 3.32. The predicted molar refractivity (Wildman–Crippen MR) is 96.0 cm³/mol. The van der Waals surface area contributed by atoms with E-state index in [9.17, 15) is 9.18 Å². The van der Waals surface area contributed by atoms with E-state index in [1.54, 1.807) is 32.2 Å². The molecule has 2 rings (SSSR count). The number of nitrogens with one attached hydrogen (secondary N) is 1. The topological polar surface area (TPSA) is 77.7 Å². The molecule has 0 atom stereocenters. The van der Waals surface area contributed by atoms with Crippen LogP contribution < -0.4 is 10.1 Å². The minimum atomic E-state index is -0.510. The Balaban J connectivity index is 2.27. The highest BCUT2D eigenvalue weighted by Crippen LogP contribution is 2.20. The quantitative estimate of drug-likeness (QED) is 0.474. The summed E-state index contributed by atoms with van der Waals surface area (Å²) in [7, 11) is 2.83. The molecule has 0 fully saturated rings. The SMILES string of the molecule is CNC(=O)C(=N/OC)/C(C)=C(/C)Oc1ccn(-c2ccc(Cl)cc2F)n1. The molecule has 0 spiro atoms. The Morgan fingerprint density at radius 3 is 2.69 bits per heavy atom. The number of hydrogen-bond acceptors (Lipinski definition) is 5. The van der Waals surface area contributed by atoms with E-state index in [1.807, 2.05) is 0 Å². The molecule has 1 N–H and O–H groups in total. The smallest absolute Gasteiger partial charge is 0.273 e. The van der Waals surface area contributed by atoms with Crippen molar-refractivity contribution in [1.29, 1.82) is 0 Å². The van der Waals surface area contributed by atoms with E-state index in [1.165, 1.54) is 31.0 Å². The molecule has 1 heterocycles. The minimum absolute atomic E-state index is 0.0793. The molecule has 7 nitrogen and oxygen atoms in total. The van der Waals surface area contributed by atoms with Crippen molar-refractivity contribution in [3.05, 3.63) is 52.6 Å². The molecule has 0 bridgehead atoms. The van der Waals surface area contributed by atoms with E-state index in [4.69, 9.17) is 21.2 Å². The highest BCUT2D eigenvalue weighted by Gasteiger charge is 2.17. The van der Waals surface area contributed by atoms with Gasteiger partial charge in [-0.25, -0.2) is 9.07 Å². The van der Waals surface area contributed by atoms with Crippen LogP contribution in [0.15, 0.2) is 47.0 Å². The number of hydrogen-bond donors (Lipinski definition) is 1. The number of allylic oxidation sites excluding steroid dienone is 1. The lowest BCUT2D eigenvalue weighted by Gasteiger charge is -2.09. The fourth-order valence-corrected chi connectivity index (χ4v) is 2.21. The van der Waals surface area contributed by atoms with Crippen LogP contribution in [0.25, 0.3) is 5.69 Å². The van der Waals surface area contributed by atoms with Crippen molar-refractivity contribution in [2.75, 3.05) is 14.2 Å². The van der Waals surface area contributed by atoms with Crippen LogP contribution in [0, 0.1) is 5.82 Å². The number of aromatic nitrogens is 2. The Hall–Kier alpha value is -2.87. The molecular formula is C17H18ClFN4O3. The number of carbonyl (C=O) groups is 1. The van der Waals surface area contributed by atoms with Gasteiger partial charge in [0.2, 0.25) is 5.88 Å². The Kier molecular flexibility index (Phi) is 6.35. The highest BCUT2D eigenvalue weighted by atomic mass is 35.5. The summed E-state index contributed by atoms with van der Waals surface area (Å²) >= 11 is 5.75. The number of rotatable bonds is 6. The van der Waals surface area contributed by atoms with E-state index in [0.29, 0.717) is 16.4 Å². The van der Waals surface area contributed by atoms with Gasteiger partial charge in [-0.2, -0.15) is 0 Å². The van der Waals surface area contributed by atoms with Crippen LogP contribution in [0.2, 0.25) is 5.02 Å². The standard InChI is InChI=1S/C17H18ClFN4O3/c1-10(16(22-25-4)17(24)20-3)11(2)26-15-7-8-23(21-15)14-6-5-12(18)9-13(14)19/h5-9H,1-4H3,(H,20,24)/b11-10-,22-16+. The number of oxime groups is 1. The monoisotopic (exact) mass is 380 g/mol. The first-order valence-electron chi connectivity index (χ1n) is 7.57. The van der Waals surface area contributed by atoms with Crippen LogP contribution >= 0.6 is 11.6 Å². The number of ether oxygens (including phenoxy) is 1. The Labute approximate surface area is 155 Å².